The van der Waals surface area contributed by atoms with Crippen LogP contribution in [-0.2, 0) is 10.9 Å². The lowest BCUT2D eigenvalue weighted by Gasteiger charge is -2.18. The van der Waals surface area contributed by atoms with E-state index < -0.39 is 23.9 Å². The minimum Gasteiger partial charge on any atom is -0.382 e. The second-order valence-corrected chi connectivity index (χ2v) is 11.0. The van der Waals surface area contributed by atoms with Gasteiger partial charge in [-0.3, -0.25) is 14.5 Å². The number of amides is 1. The lowest BCUT2D eigenvalue weighted by molar-refractivity contribution is -0.137. The monoisotopic (exact) mass is 607 g/mol. The maximum Gasteiger partial charge on any atom is 0.416 e. The largest absolute Gasteiger partial charge is 0.416 e. The first kappa shape index (κ1) is 29.7. The summed E-state index contributed by atoms with van der Waals surface area (Å²) in [5.74, 6) is 0.439. The number of benzene rings is 1. The molecule has 4 aromatic rings. The minimum atomic E-state index is -4.55. The highest BCUT2D eigenvalue weighted by atomic mass is 19.4. The quantitative estimate of drug-likeness (QED) is 0.255. The summed E-state index contributed by atoms with van der Waals surface area (Å²) in [4.78, 5) is 26.2. The number of hydrogen-bond acceptors (Lipinski definition) is 8. The zero-order valence-electron chi connectivity index (χ0n) is 23.7. The number of imidazole rings is 1. The molecule has 3 atom stereocenters. The number of carbonyl (C=O) groups excluding carboxylic acids is 1. The van der Waals surface area contributed by atoms with E-state index in [9.17, 15) is 23.1 Å². The molecule has 13 heteroatoms. The van der Waals surface area contributed by atoms with Gasteiger partial charge in [0.2, 0.25) is 0 Å². The maximum absolute atomic E-state index is 13.1. The lowest BCUT2D eigenvalue weighted by atomic mass is 10.1. The highest BCUT2D eigenvalue weighted by molar-refractivity contribution is 6.04. The fraction of sp³-hybridized carbons (Fsp3) is 0.355. The van der Waals surface area contributed by atoms with Gasteiger partial charge in [0, 0.05) is 35.7 Å². The standard InChI is InChI=1S/C31H32F3N7O3/c32-31(33,34)21-10-12-36-24(16-21)39-30(43)19-6-4-18(5-7-19)26-27-28(35)37-17-23-3-1-2-13-44-14-11-25(42)38-22-9-8-20(15-22)29(40-26)41(23)27/h1,3-7,10,12,16-17,20,22,25,38,42H,2,8-9,11,13-15H2,(H2,35,37)(H,36,39,43)/b3-1+/t20-,22-,25?/m1/s1. The van der Waals surface area contributed by atoms with Crippen LogP contribution in [-0.4, -0.2) is 55.8 Å². The molecule has 4 heterocycles. The van der Waals surface area contributed by atoms with Crippen molar-refractivity contribution >= 4 is 29.1 Å². The Labute approximate surface area is 251 Å². The van der Waals surface area contributed by atoms with Gasteiger partial charge >= 0.3 is 6.18 Å². The Kier molecular flexibility index (Phi) is 8.34. The van der Waals surface area contributed by atoms with Gasteiger partial charge in [0.05, 0.1) is 30.7 Å². The van der Waals surface area contributed by atoms with Gasteiger partial charge in [0.15, 0.2) is 0 Å². The van der Waals surface area contributed by atoms with Crippen molar-refractivity contribution in [2.75, 3.05) is 24.3 Å². The molecule has 1 unspecified atom stereocenters. The molecule has 44 heavy (non-hydrogen) atoms. The Hall–Kier alpha value is -4.33. The molecular weight excluding hydrogens is 575 g/mol. The number of alkyl halides is 3. The van der Waals surface area contributed by atoms with Crippen molar-refractivity contribution in [1.82, 2.24) is 24.7 Å². The summed E-state index contributed by atoms with van der Waals surface area (Å²) in [5, 5.41) is 16.2. The van der Waals surface area contributed by atoms with Gasteiger partial charge < -0.3 is 20.9 Å². The van der Waals surface area contributed by atoms with Crippen LogP contribution >= 0.6 is 0 Å². The van der Waals surface area contributed by atoms with Crippen LogP contribution in [0.2, 0.25) is 0 Å². The topological polar surface area (TPSA) is 140 Å². The van der Waals surface area contributed by atoms with Gasteiger partial charge in [-0.2, -0.15) is 13.2 Å². The fourth-order valence-corrected chi connectivity index (χ4v) is 5.80. The second kappa shape index (κ2) is 12.3. The molecule has 0 spiro atoms. The number of aliphatic hydroxyl groups is 1. The summed E-state index contributed by atoms with van der Waals surface area (Å²) in [7, 11) is 0. The molecule has 1 fully saturated rings. The van der Waals surface area contributed by atoms with Crippen LogP contribution in [0.3, 0.4) is 0 Å². The van der Waals surface area contributed by atoms with Crippen LogP contribution in [0.4, 0.5) is 24.8 Å². The third kappa shape index (κ3) is 6.30. The Bertz CT molecular complexity index is 1690. The van der Waals surface area contributed by atoms with Crippen molar-refractivity contribution in [3.8, 4) is 11.3 Å². The number of pyridine rings is 1. The number of aromatic nitrogens is 4. The zero-order chi connectivity index (χ0) is 30.8. The Morgan fingerprint density at radius 1 is 1.11 bits per heavy atom. The molecule has 0 saturated heterocycles. The van der Waals surface area contributed by atoms with E-state index in [-0.39, 0.29) is 23.3 Å². The first-order valence-corrected chi connectivity index (χ1v) is 14.5. The molecule has 6 rings (SSSR count). The highest BCUT2D eigenvalue weighted by Crippen LogP contribution is 2.39. The predicted octanol–water partition coefficient (Wildman–Crippen LogP) is 5.01. The van der Waals surface area contributed by atoms with E-state index in [4.69, 9.17) is 15.5 Å². The van der Waals surface area contributed by atoms with Crippen molar-refractivity contribution < 1.29 is 27.8 Å². The number of nitrogen functional groups attached to an aromatic ring is 1. The molecule has 10 nitrogen and oxygen atoms in total. The van der Waals surface area contributed by atoms with Crippen molar-refractivity contribution in [1.29, 1.82) is 0 Å². The van der Waals surface area contributed by atoms with Crippen molar-refractivity contribution in [3.63, 3.8) is 0 Å². The van der Waals surface area contributed by atoms with Crippen LogP contribution < -0.4 is 16.4 Å². The van der Waals surface area contributed by atoms with Gasteiger partial charge in [-0.25, -0.2) is 15.0 Å². The molecule has 1 aromatic carbocycles. The number of ether oxygens (including phenoxy) is 1. The summed E-state index contributed by atoms with van der Waals surface area (Å²) >= 11 is 0. The van der Waals surface area contributed by atoms with Crippen LogP contribution in [0.25, 0.3) is 22.9 Å². The number of fused-ring (bicyclic) bond motifs is 3. The predicted molar refractivity (Wildman–Crippen MR) is 159 cm³/mol. The van der Waals surface area contributed by atoms with Crippen LogP contribution in [0, 0.1) is 0 Å². The SMILES string of the molecule is Nc1ncc2n3c(nc(-c4ccc(C(=O)Nc5cc(C(F)(F)F)ccn5)cc4)c13)[C@@H]1CC[C@H](C1)NC(O)CCOCC/C=C/2. The first-order chi connectivity index (χ1) is 21.2. The van der Waals surface area contributed by atoms with Gasteiger partial charge in [0.1, 0.15) is 34.9 Å². The van der Waals surface area contributed by atoms with Gasteiger partial charge in [-0.15, -0.1) is 0 Å². The molecule has 3 aromatic heterocycles. The Balaban J connectivity index is 1.34. The van der Waals surface area contributed by atoms with E-state index in [1.54, 1.807) is 30.5 Å². The summed E-state index contributed by atoms with van der Waals surface area (Å²) < 4.78 is 47.0. The van der Waals surface area contributed by atoms with E-state index in [1.807, 2.05) is 16.6 Å². The molecule has 1 amide bonds. The van der Waals surface area contributed by atoms with Gasteiger partial charge in [-0.05, 0) is 56.0 Å². The summed E-state index contributed by atoms with van der Waals surface area (Å²) in [6, 6.07) is 8.35. The average Bonchev–Trinajstić information content (AvgIpc) is 3.62. The average molecular weight is 608 g/mol. The summed E-state index contributed by atoms with van der Waals surface area (Å²) in [6.07, 6.45) is 5.22. The fourth-order valence-electron chi connectivity index (χ4n) is 5.80. The molecule has 2 aliphatic rings. The number of anilines is 2. The summed E-state index contributed by atoms with van der Waals surface area (Å²) in [6.45, 7) is 0.992. The normalized spacial score (nSPS) is 21.9. The van der Waals surface area contributed by atoms with E-state index in [1.165, 1.54) is 0 Å². The number of aliphatic hydroxyl groups excluding tert-OH is 1. The number of rotatable bonds is 3. The molecule has 0 radical (unpaired) electrons. The molecule has 2 bridgehead atoms. The highest BCUT2D eigenvalue weighted by Gasteiger charge is 2.33. The molecule has 5 N–H and O–H groups in total. The number of nitrogens with one attached hydrogen (secondary N) is 2. The first-order valence-electron chi connectivity index (χ1n) is 14.5. The van der Waals surface area contributed by atoms with Crippen LogP contribution in [0.5, 0.6) is 0 Å². The number of hydrogen-bond donors (Lipinski definition) is 4. The number of nitrogens with two attached hydrogens (primary N) is 1. The van der Waals surface area contributed by atoms with Crippen molar-refractivity contribution in [2.24, 2.45) is 0 Å². The zero-order valence-corrected chi connectivity index (χ0v) is 23.7. The third-order valence-corrected chi connectivity index (χ3v) is 7.97. The molecular formula is C31H32F3N7O3. The second-order valence-electron chi connectivity index (χ2n) is 11.0. The van der Waals surface area contributed by atoms with Gasteiger partial charge in [-0.1, -0.05) is 18.2 Å². The van der Waals surface area contributed by atoms with Crippen molar-refractivity contribution in [3.05, 3.63) is 77.5 Å². The van der Waals surface area contributed by atoms with Crippen molar-refractivity contribution in [2.45, 2.75) is 56.5 Å². The molecule has 1 saturated carbocycles. The number of nitrogens with zero attached hydrogens (tertiary/aromatic N) is 4. The smallest absolute Gasteiger partial charge is 0.382 e. The van der Waals surface area contributed by atoms with E-state index >= 15 is 0 Å². The van der Waals surface area contributed by atoms with Crippen LogP contribution in [0.1, 0.15) is 65.5 Å². The number of carbonyl (C=O) groups is 1. The van der Waals surface area contributed by atoms with E-state index in [2.05, 4.69) is 20.6 Å². The van der Waals surface area contributed by atoms with Gasteiger partial charge in [0.25, 0.3) is 5.91 Å². The maximum atomic E-state index is 13.1. The lowest BCUT2D eigenvalue weighted by Crippen LogP contribution is -2.37. The minimum absolute atomic E-state index is 0.0984. The molecule has 1 aliphatic carbocycles. The van der Waals surface area contributed by atoms with E-state index in [0.29, 0.717) is 48.6 Å². The molecule has 230 valence electrons. The Morgan fingerprint density at radius 3 is 2.73 bits per heavy atom. The van der Waals surface area contributed by atoms with Crippen LogP contribution in [0.15, 0.2) is 54.9 Å². The van der Waals surface area contributed by atoms with E-state index in [0.717, 1.165) is 49.1 Å². The number of halogens is 3. The Morgan fingerprint density at radius 2 is 1.93 bits per heavy atom. The molecule has 1 aliphatic heterocycles. The summed E-state index contributed by atoms with van der Waals surface area (Å²) in [5.41, 5.74) is 8.54. The third-order valence-electron chi connectivity index (χ3n) is 7.97.